The SMILES string of the molecule is CC(=O)N[C@H](C[C@@H](C)O)c1ccccc1. The van der Waals surface area contributed by atoms with E-state index in [4.69, 9.17) is 0 Å². The molecular formula is C12H17NO2. The van der Waals surface area contributed by atoms with Gasteiger partial charge in [-0.05, 0) is 18.9 Å². The fraction of sp³-hybridized carbons (Fsp3) is 0.417. The van der Waals surface area contributed by atoms with Crippen LogP contribution in [0.5, 0.6) is 0 Å². The molecule has 0 unspecified atom stereocenters. The molecule has 0 saturated heterocycles. The molecule has 0 aromatic heterocycles. The summed E-state index contributed by atoms with van der Waals surface area (Å²) in [6, 6.07) is 9.56. The highest BCUT2D eigenvalue weighted by molar-refractivity contribution is 5.73. The van der Waals surface area contributed by atoms with Crippen molar-refractivity contribution in [3.8, 4) is 0 Å². The molecule has 15 heavy (non-hydrogen) atoms. The van der Waals surface area contributed by atoms with E-state index in [9.17, 15) is 9.90 Å². The molecule has 0 aliphatic rings. The van der Waals surface area contributed by atoms with Gasteiger partial charge in [-0.1, -0.05) is 30.3 Å². The molecule has 0 fully saturated rings. The van der Waals surface area contributed by atoms with Crippen LogP contribution in [0.3, 0.4) is 0 Å². The first-order valence-corrected chi connectivity index (χ1v) is 5.09. The molecular weight excluding hydrogens is 190 g/mol. The molecule has 0 aliphatic carbocycles. The maximum atomic E-state index is 11.0. The smallest absolute Gasteiger partial charge is 0.217 e. The second-order valence-corrected chi connectivity index (χ2v) is 3.75. The number of hydrogen-bond donors (Lipinski definition) is 2. The van der Waals surface area contributed by atoms with Crippen molar-refractivity contribution in [2.75, 3.05) is 0 Å². The topological polar surface area (TPSA) is 49.3 Å². The summed E-state index contributed by atoms with van der Waals surface area (Å²) in [6.07, 6.45) is 0.103. The Labute approximate surface area is 90.1 Å². The predicted octanol–water partition coefficient (Wildman–Crippen LogP) is 1.63. The second-order valence-electron chi connectivity index (χ2n) is 3.75. The zero-order chi connectivity index (χ0) is 11.3. The van der Waals surface area contributed by atoms with Crippen LogP contribution < -0.4 is 5.32 Å². The lowest BCUT2D eigenvalue weighted by Crippen LogP contribution is -2.28. The van der Waals surface area contributed by atoms with Gasteiger partial charge in [0.2, 0.25) is 5.91 Å². The predicted molar refractivity (Wildman–Crippen MR) is 59.3 cm³/mol. The Morgan fingerprint density at radius 3 is 2.47 bits per heavy atom. The fourth-order valence-corrected chi connectivity index (χ4v) is 1.55. The van der Waals surface area contributed by atoms with Crippen LogP contribution in [-0.2, 0) is 4.79 Å². The molecule has 0 spiro atoms. The van der Waals surface area contributed by atoms with Crippen molar-refractivity contribution in [1.82, 2.24) is 5.32 Å². The highest BCUT2D eigenvalue weighted by atomic mass is 16.3. The van der Waals surface area contributed by atoms with Crippen LogP contribution in [0.2, 0.25) is 0 Å². The maximum absolute atomic E-state index is 11.0. The van der Waals surface area contributed by atoms with Crippen molar-refractivity contribution in [3.63, 3.8) is 0 Å². The van der Waals surface area contributed by atoms with Crippen LogP contribution in [0.4, 0.5) is 0 Å². The molecule has 1 aromatic carbocycles. The van der Waals surface area contributed by atoms with Crippen molar-refractivity contribution in [2.24, 2.45) is 0 Å². The third kappa shape index (κ3) is 4.13. The van der Waals surface area contributed by atoms with Gasteiger partial charge >= 0.3 is 0 Å². The molecule has 0 heterocycles. The Kier molecular flexibility index (Phi) is 4.31. The number of benzene rings is 1. The molecule has 1 rings (SSSR count). The van der Waals surface area contributed by atoms with E-state index in [2.05, 4.69) is 5.32 Å². The summed E-state index contributed by atoms with van der Waals surface area (Å²) in [7, 11) is 0. The van der Waals surface area contributed by atoms with Gasteiger partial charge in [0.05, 0.1) is 12.1 Å². The molecule has 0 aliphatic heterocycles. The Morgan fingerprint density at radius 1 is 1.40 bits per heavy atom. The maximum Gasteiger partial charge on any atom is 0.217 e. The molecule has 0 bridgehead atoms. The zero-order valence-corrected chi connectivity index (χ0v) is 9.10. The van der Waals surface area contributed by atoms with Gasteiger partial charge in [-0.25, -0.2) is 0 Å². The summed E-state index contributed by atoms with van der Waals surface area (Å²) in [5.41, 5.74) is 1.02. The molecule has 3 heteroatoms. The molecule has 0 radical (unpaired) electrons. The van der Waals surface area contributed by atoms with Crippen molar-refractivity contribution >= 4 is 5.91 Å². The van der Waals surface area contributed by atoms with Crippen molar-refractivity contribution in [1.29, 1.82) is 0 Å². The first kappa shape index (κ1) is 11.7. The lowest BCUT2D eigenvalue weighted by molar-refractivity contribution is -0.119. The number of rotatable bonds is 4. The van der Waals surface area contributed by atoms with E-state index in [0.717, 1.165) is 5.56 Å². The molecule has 82 valence electrons. The third-order valence-corrected chi connectivity index (χ3v) is 2.16. The summed E-state index contributed by atoms with van der Waals surface area (Å²) in [4.78, 5) is 11.0. The number of aliphatic hydroxyl groups is 1. The number of hydrogen-bond acceptors (Lipinski definition) is 2. The van der Waals surface area contributed by atoms with Gasteiger partial charge in [0.15, 0.2) is 0 Å². The monoisotopic (exact) mass is 207 g/mol. The molecule has 3 nitrogen and oxygen atoms in total. The molecule has 2 N–H and O–H groups in total. The van der Waals surface area contributed by atoms with Crippen LogP contribution >= 0.6 is 0 Å². The molecule has 1 aromatic rings. The van der Waals surface area contributed by atoms with E-state index in [-0.39, 0.29) is 11.9 Å². The largest absolute Gasteiger partial charge is 0.393 e. The van der Waals surface area contributed by atoms with E-state index < -0.39 is 6.10 Å². The number of carbonyl (C=O) groups is 1. The van der Waals surface area contributed by atoms with Gasteiger partial charge in [0.1, 0.15) is 0 Å². The third-order valence-electron chi connectivity index (χ3n) is 2.16. The number of aliphatic hydroxyl groups excluding tert-OH is 1. The van der Waals surface area contributed by atoms with Crippen LogP contribution in [0.25, 0.3) is 0 Å². The molecule has 2 atom stereocenters. The van der Waals surface area contributed by atoms with Gasteiger partial charge in [-0.3, -0.25) is 4.79 Å². The Bertz CT molecular complexity index is 309. The second kappa shape index (κ2) is 5.51. The van der Waals surface area contributed by atoms with E-state index in [1.54, 1.807) is 6.92 Å². The van der Waals surface area contributed by atoms with Gasteiger partial charge in [0, 0.05) is 6.92 Å². The van der Waals surface area contributed by atoms with Gasteiger partial charge in [-0.15, -0.1) is 0 Å². The lowest BCUT2D eigenvalue weighted by atomic mass is 10.0. The minimum atomic E-state index is -0.429. The average molecular weight is 207 g/mol. The van der Waals surface area contributed by atoms with Gasteiger partial charge in [0.25, 0.3) is 0 Å². The first-order valence-electron chi connectivity index (χ1n) is 5.09. The van der Waals surface area contributed by atoms with Crippen LogP contribution in [0, 0.1) is 0 Å². The van der Waals surface area contributed by atoms with Crippen molar-refractivity contribution in [2.45, 2.75) is 32.4 Å². The fourth-order valence-electron chi connectivity index (χ4n) is 1.55. The summed E-state index contributed by atoms with van der Waals surface area (Å²) < 4.78 is 0. The van der Waals surface area contributed by atoms with E-state index in [0.29, 0.717) is 6.42 Å². The molecule has 1 amide bonds. The lowest BCUT2D eigenvalue weighted by Gasteiger charge is -2.19. The van der Waals surface area contributed by atoms with Gasteiger partial charge in [-0.2, -0.15) is 0 Å². The summed E-state index contributed by atoms with van der Waals surface area (Å²) in [5.74, 6) is -0.0792. The van der Waals surface area contributed by atoms with Crippen molar-refractivity contribution < 1.29 is 9.90 Å². The van der Waals surface area contributed by atoms with Crippen LogP contribution in [-0.4, -0.2) is 17.1 Å². The quantitative estimate of drug-likeness (QED) is 0.788. The number of amides is 1. The van der Waals surface area contributed by atoms with E-state index in [1.165, 1.54) is 6.92 Å². The highest BCUT2D eigenvalue weighted by Gasteiger charge is 2.14. The van der Waals surface area contributed by atoms with Crippen LogP contribution in [0.1, 0.15) is 31.9 Å². The number of nitrogens with one attached hydrogen (secondary N) is 1. The van der Waals surface area contributed by atoms with Crippen molar-refractivity contribution in [3.05, 3.63) is 35.9 Å². The summed E-state index contributed by atoms with van der Waals surface area (Å²) in [6.45, 7) is 3.20. The standard InChI is InChI=1S/C12H17NO2/c1-9(14)8-12(13-10(2)15)11-6-4-3-5-7-11/h3-7,9,12,14H,8H2,1-2H3,(H,13,15)/t9-,12-/m1/s1. The normalized spacial score (nSPS) is 14.3. The minimum Gasteiger partial charge on any atom is -0.393 e. The Hall–Kier alpha value is -1.35. The van der Waals surface area contributed by atoms with Gasteiger partial charge < -0.3 is 10.4 Å². The average Bonchev–Trinajstić information content (AvgIpc) is 2.17. The first-order chi connectivity index (χ1) is 7.09. The minimum absolute atomic E-state index is 0.0792. The summed E-state index contributed by atoms with van der Waals surface area (Å²) >= 11 is 0. The summed E-state index contributed by atoms with van der Waals surface area (Å²) in [5, 5.41) is 12.2. The highest BCUT2D eigenvalue weighted by Crippen LogP contribution is 2.17. The zero-order valence-electron chi connectivity index (χ0n) is 9.10. The Balaban J connectivity index is 2.76. The molecule has 0 saturated carbocycles. The van der Waals surface area contributed by atoms with E-state index >= 15 is 0 Å². The Morgan fingerprint density at radius 2 is 2.00 bits per heavy atom. The number of carbonyl (C=O) groups excluding carboxylic acids is 1. The van der Waals surface area contributed by atoms with E-state index in [1.807, 2.05) is 30.3 Å². The van der Waals surface area contributed by atoms with Crippen LogP contribution in [0.15, 0.2) is 30.3 Å².